The standard InChI is InChI=1S/C20H28O4/c1-5-10-17(19(15(3)4)20(22)23-6-2)24-18(21)14-13-16-11-8-7-9-12-16/h7-9,11-15,17,19H,5-6,10H2,1-4H3. The molecule has 0 bridgehead atoms. The number of hydrogen-bond donors (Lipinski definition) is 0. The lowest BCUT2D eigenvalue weighted by atomic mass is 9.88. The van der Waals surface area contributed by atoms with Crippen LogP contribution < -0.4 is 0 Å². The summed E-state index contributed by atoms with van der Waals surface area (Å²) in [6.45, 7) is 7.99. The molecule has 0 aromatic heterocycles. The Morgan fingerprint density at radius 3 is 2.33 bits per heavy atom. The predicted octanol–water partition coefficient (Wildman–Crippen LogP) is 4.25. The van der Waals surface area contributed by atoms with Gasteiger partial charge in [-0.1, -0.05) is 57.5 Å². The first kappa shape index (κ1) is 19.9. The van der Waals surface area contributed by atoms with Crippen LogP contribution in [0.4, 0.5) is 0 Å². The maximum absolute atomic E-state index is 12.2. The average Bonchev–Trinajstić information content (AvgIpc) is 2.54. The van der Waals surface area contributed by atoms with Gasteiger partial charge in [0.1, 0.15) is 6.10 Å². The van der Waals surface area contributed by atoms with Crippen molar-refractivity contribution in [3.05, 3.63) is 42.0 Å². The Labute approximate surface area is 144 Å². The minimum atomic E-state index is -0.470. The van der Waals surface area contributed by atoms with E-state index in [1.54, 1.807) is 13.0 Å². The summed E-state index contributed by atoms with van der Waals surface area (Å²) in [7, 11) is 0. The van der Waals surface area contributed by atoms with Gasteiger partial charge in [-0.15, -0.1) is 0 Å². The molecule has 24 heavy (non-hydrogen) atoms. The van der Waals surface area contributed by atoms with Crippen molar-refractivity contribution in [2.45, 2.75) is 46.6 Å². The van der Waals surface area contributed by atoms with Gasteiger partial charge in [-0.05, 0) is 30.9 Å². The second-order valence-corrected chi connectivity index (χ2v) is 6.03. The van der Waals surface area contributed by atoms with E-state index in [1.165, 1.54) is 6.08 Å². The molecule has 0 spiro atoms. The molecule has 0 aliphatic rings. The number of rotatable bonds is 9. The van der Waals surface area contributed by atoms with E-state index in [4.69, 9.17) is 9.47 Å². The molecule has 0 aliphatic heterocycles. The van der Waals surface area contributed by atoms with Crippen molar-refractivity contribution in [2.75, 3.05) is 6.61 Å². The zero-order valence-electron chi connectivity index (χ0n) is 15.0. The highest BCUT2D eigenvalue weighted by molar-refractivity contribution is 5.87. The number of hydrogen-bond acceptors (Lipinski definition) is 4. The summed E-state index contributed by atoms with van der Waals surface area (Å²) in [5.74, 6) is -1.15. The SMILES string of the molecule is CCCC(OC(=O)C=Cc1ccccc1)C(C(=O)OCC)C(C)C. The fourth-order valence-corrected chi connectivity index (χ4v) is 2.60. The maximum Gasteiger partial charge on any atom is 0.331 e. The van der Waals surface area contributed by atoms with Gasteiger partial charge in [0.2, 0.25) is 0 Å². The van der Waals surface area contributed by atoms with Crippen LogP contribution in [-0.2, 0) is 19.1 Å². The normalized spacial score (nSPS) is 13.7. The van der Waals surface area contributed by atoms with Crippen LogP contribution in [-0.4, -0.2) is 24.6 Å². The number of ether oxygens (including phenoxy) is 2. The second-order valence-electron chi connectivity index (χ2n) is 6.03. The predicted molar refractivity (Wildman–Crippen MR) is 95.2 cm³/mol. The summed E-state index contributed by atoms with van der Waals surface area (Å²) in [4.78, 5) is 24.4. The minimum absolute atomic E-state index is 0.0338. The van der Waals surface area contributed by atoms with E-state index in [-0.39, 0.29) is 11.9 Å². The first-order chi connectivity index (χ1) is 11.5. The summed E-state index contributed by atoms with van der Waals surface area (Å²) in [6, 6.07) is 9.53. The molecule has 4 nitrogen and oxygen atoms in total. The lowest BCUT2D eigenvalue weighted by Gasteiger charge is -2.27. The van der Waals surface area contributed by atoms with Crippen LogP contribution in [0.5, 0.6) is 0 Å². The molecular weight excluding hydrogens is 304 g/mol. The van der Waals surface area contributed by atoms with Crippen LogP contribution in [0.1, 0.15) is 46.1 Å². The highest BCUT2D eigenvalue weighted by Gasteiger charge is 2.34. The quantitative estimate of drug-likeness (QED) is 0.501. The molecule has 4 heteroatoms. The zero-order chi connectivity index (χ0) is 17.9. The van der Waals surface area contributed by atoms with Gasteiger partial charge < -0.3 is 9.47 Å². The van der Waals surface area contributed by atoms with Crippen LogP contribution in [0, 0.1) is 11.8 Å². The summed E-state index contributed by atoms with van der Waals surface area (Å²) >= 11 is 0. The van der Waals surface area contributed by atoms with Gasteiger partial charge in [0.05, 0.1) is 12.5 Å². The van der Waals surface area contributed by atoms with Gasteiger partial charge in [0, 0.05) is 6.08 Å². The van der Waals surface area contributed by atoms with Gasteiger partial charge in [-0.25, -0.2) is 4.79 Å². The molecule has 2 atom stereocenters. The van der Waals surface area contributed by atoms with Gasteiger partial charge in [0.25, 0.3) is 0 Å². The van der Waals surface area contributed by atoms with Crippen molar-refractivity contribution in [1.82, 2.24) is 0 Å². The van der Waals surface area contributed by atoms with E-state index >= 15 is 0 Å². The third-order valence-electron chi connectivity index (χ3n) is 3.73. The van der Waals surface area contributed by atoms with Crippen molar-refractivity contribution >= 4 is 18.0 Å². The molecule has 0 aliphatic carbocycles. The Kier molecular flexibility index (Phi) is 8.84. The van der Waals surface area contributed by atoms with Gasteiger partial charge in [0.15, 0.2) is 0 Å². The first-order valence-electron chi connectivity index (χ1n) is 8.59. The fourth-order valence-electron chi connectivity index (χ4n) is 2.60. The van der Waals surface area contributed by atoms with Crippen LogP contribution >= 0.6 is 0 Å². The Balaban J connectivity index is 2.80. The molecule has 1 aromatic carbocycles. The first-order valence-corrected chi connectivity index (χ1v) is 8.59. The highest BCUT2D eigenvalue weighted by atomic mass is 16.6. The van der Waals surface area contributed by atoms with Crippen molar-refractivity contribution in [2.24, 2.45) is 11.8 Å². The molecule has 0 saturated carbocycles. The lowest BCUT2D eigenvalue weighted by Crippen LogP contribution is -2.37. The summed E-state index contributed by atoms with van der Waals surface area (Å²) in [6.07, 6.45) is 4.10. The van der Waals surface area contributed by atoms with Gasteiger partial charge >= 0.3 is 11.9 Å². The van der Waals surface area contributed by atoms with Crippen LogP contribution in [0.3, 0.4) is 0 Å². The molecule has 1 rings (SSSR count). The van der Waals surface area contributed by atoms with Gasteiger partial charge in [-0.2, -0.15) is 0 Å². The van der Waals surface area contributed by atoms with Crippen molar-refractivity contribution in [1.29, 1.82) is 0 Å². The molecule has 0 amide bonds. The topological polar surface area (TPSA) is 52.6 Å². The molecule has 0 radical (unpaired) electrons. The number of carbonyl (C=O) groups is 2. The largest absolute Gasteiger partial charge is 0.466 e. The van der Waals surface area contributed by atoms with Crippen LogP contribution in [0.25, 0.3) is 6.08 Å². The summed E-state index contributed by atoms with van der Waals surface area (Å²) < 4.78 is 10.7. The van der Waals surface area contributed by atoms with E-state index in [0.29, 0.717) is 13.0 Å². The molecule has 0 N–H and O–H groups in total. The number of esters is 2. The monoisotopic (exact) mass is 332 g/mol. The number of benzene rings is 1. The van der Waals surface area contributed by atoms with E-state index in [9.17, 15) is 9.59 Å². The van der Waals surface area contributed by atoms with Crippen molar-refractivity contribution in [3.8, 4) is 0 Å². The Morgan fingerprint density at radius 1 is 1.12 bits per heavy atom. The Morgan fingerprint density at radius 2 is 1.79 bits per heavy atom. The van der Waals surface area contributed by atoms with Crippen LogP contribution in [0.2, 0.25) is 0 Å². The van der Waals surface area contributed by atoms with Gasteiger partial charge in [-0.3, -0.25) is 4.79 Å². The molecular formula is C20H28O4. The summed E-state index contributed by atoms with van der Waals surface area (Å²) in [5, 5.41) is 0. The molecule has 0 saturated heterocycles. The van der Waals surface area contributed by atoms with E-state index in [1.807, 2.05) is 51.1 Å². The van der Waals surface area contributed by atoms with Crippen LogP contribution in [0.15, 0.2) is 36.4 Å². The third kappa shape index (κ3) is 6.57. The minimum Gasteiger partial charge on any atom is -0.466 e. The van der Waals surface area contributed by atoms with E-state index in [0.717, 1.165) is 12.0 Å². The zero-order valence-corrected chi connectivity index (χ0v) is 15.0. The van der Waals surface area contributed by atoms with E-state index in [2.05, 4.69) is 0 Å². The van der Waals surface area contributed by atoms with Crippen molar-refractivity contribution in [3.63, 3.8) is 0 Å². The molecule has 1 aromatic rings. The lowest BCUT2D eigenvalue weighted by molar-refractivity contribution is -0.161. The maximum atomic E-state index is 12.2. The molecule has 132 valence electrons. The number of carbonyl (C=O) groups excluding carboxylic acids is 2. The Hall–Kier alpha value is -2.10. The highest BCUT2D eigenvalue weighted by Crippen LogP contribution is 2.24. The molecule has 0 fully saturated rings. The summed E-state index contributed by atoms with van der Waals surface area (Å²) in [5.41, 5.74) is 0.923. The smallest absolute Gasteiger partial charge is 0.331 e. The molecule has 2 unspecified atom stereocenters. The average molecular weight is 332 g/mol. The fraction of sp³-hybridized carbons (Fsp3) is 0.500. The van der Waals surface area contributed by atoms with E-state index < -0.39 is 18.0 Å². The molecule has 0 heterocycles. The second kappa shape index (κ2) is 10.6. The van der Waals surface area contributed by atoms with Crippen molar-refractivity contribution < 1.29 is 19.1 Å². The third-order valence-corrected chi connectivity index (χ3v) is 3.73. The Bertz CT molecular complexity index is 534.